The predicted molar refractivity (Wildman–Crippen MR) is 104 cm³/mol. The molecular weight excluding hydrogens is 342 g/mol. The molecule has 3 rings (SSSR count). The Morgan fingerprint density at radius 2 is 1.74 bits per heavy atom. The number of anilines is 3. The molecule has 2 aromatic carbocycles. The van der Waals surface area contributed by atoms with Crippen LogP contribution in [0.15, 0.2) is 72.9 Å². The van der Waals surface area contributed by atoms with Crippen molar-refractivity contribution in [1.29, 1.82) is 0 Å². The number of hydrogen-bond donors (Lipinski definition) is 1. The number of carbonyl (C=O) groups is 2. The topological polar surface area (TPSA) is 71.5 Å². The SMILES string of the molecule is COC(=O)c1cccc(NC(=O)c2ccc(N(C)c3ccccc3)cn2)c1. The second kappa shape index (κ2) is 8.14. The van der Waals surface area contributed by atoms with Crippen LogP contribution in [0.1, 0.15) is 20.8 Å². The summed E-state index contributed by atoms with van der Waals surface area (Å²) in [7, 11) is 3.25. The highest BCUT2D eigenvalue weighted by molar-refractivity contribution is 6.03. The number of carbonyl (C=O) groups excluding carboxylic acids is 2. The van der Waals surface area contributed by atoms with Crippen LogP contribution in [0.5, 0.6) is 0 Å². The number of pyridine rings is 1. The molecule has 0 aliphatic carbocycles. The van der Waals surface area contributed by atoms with E-state index in [4.69, 9.17) is 0 Å². The van der Waals surface area contributed by atoms with Gasteiger partial charge in [0.15, 0.2) is 0 Å². The van der Waals surface area contributed by atoms with Crippen molar-refractivity contribution in [2.75, 3.05) is 24.4 Å². The number of ether oxygens (including phenoxy) is 1. The van der Waals surface area contributed by atoms with Crippen molar-refractivity contribution in [3.05, 3.63) is 84.2 Å². The van der Waals surface area contributed by atoms with Crippen LogP contribution in [0, 0.1) is 0 Å². The molecule has 27 heavy (non-hydrogen) atoms. The summed E-state index contributed by atoms with van der Waals surface area (Å²) in [5.41, 5.74) is 3.03. The van der Waals surface area contributed by atoms with Gasteiger partial charge in [-0.2, -0.15) is 0 Å². The Bertz CT molecular complexity index is 940. The molecule has 0 bridgehead atoms. The van der Waals surface area contributed by atoms with Crippen LogP contribution >= 0.6 is 0 Å². The molecule has 1 amide bonds. The van der Waals surface area contributed by atoms with Gasteiger partial charge < -0.3 is 15.0 Å². The first-order valence-corrected chi connectivity index (χ1v) is 8.33. The third-order valence-corrected chi connectivity index (χ3v) is 4.05. The number of rotatable bonds is 5. The van der Waals surface area contributed by atoms with E-state index in [2.05, 4.69) is 15.0 Å². The van der Waals surface area contributed by atoms with E-state index in [0.717, 1.165) is 11.4 Å². The molecule has 1 heterocycles. The van der Waals surface area contributed by atoms with Gasteiger partial charge in [-0.25, -0.2) is 9.78 Å². The molecule has 3 aromatic rings. The first-order valence-electron chi connectivity index (χ1n) is 8.33. The molecular formula is C21H19N3O3. The highest BCUT2D eigenvalue weighted by Crippen LogP contribution is 2.22. The number of esters is 1. The fourth-order valence-electron chi connectivity index (χ4n) is 2.56. The van der Waals surface area contributed by atoms with Gasteiger partial charge >= 0.3 is 5.97 Å². The summed E-state index contributed by atoms with van der Waals surface area (Å²) in [5, 5.41) is 2.74. The van der Waals surface area contributed by atoms with Gasteiger partial charge in [-0.1, -0.05) is 24.3 Å². The second-order valence-corrected chi connectivity index (χ2v) is 5.82. The van der Waals surface area contributed by atoms with Crippen LogP contribution in [0.2, 0.25) is 0 Å². The average Bonchev–Trinajstić information content (AvgIpc) is 2.73. The minimum Gasteiger partial charge on any atom is -0.465 e. The van der Waals surface area contributed by atoms with Crippen molar-refractivity contribution < 1.29 is 14.3 Å². The quantitative estimate of drug-likeness (QED) is 0.698. The monoisotopic (exact) mass is 361 g/mol. The third kappa shape index (κ3) is 4.30. The van der Waals surface area contributed by atoms with Crippen LogP contribution in [0.4, 0.5) is 17.1 Å². The summed E-state index contributed by atoms with van der Waals surface area (Å²) in [6.07, 6.45) is 1.65. The minimum atomic E-state index is -0.461. The Kier molecular flexibility index (Phi) is 5.47. The maximum atomic E-state index is 12.4. The van der Waals surface area contributed by atoms with Crippen molar-refractivity contribution in [2.45, 2.75) is 0 Å². The molecule has 6 nitrogen and oxygen atoms in total. The van der Waals surface area contributed by atoms with Crippen LogP contribution < -0.4 is 10.2 Å². The van der Waals surface area contributed by atoms with Gasteiger partial charge in [-0.3, -0.25) is 4.79 Å². The van der Waals surface area contributed by atoms with E-state index >= 15 is 0 Å². The molecule has 0 atom stereocenters. The van der Waals surface area contributed by atoms with E-state index in [-0.39, 0.29) is 11.6 Å². The number of benzene rings is 2. The van der Waals surface area contributed by atoms with E-state index in [1.165, 1.54) is 7.11 Å². The Labute approximate surface area is 157 Å². The standard InChI is InChI=1S/C21H19N3O3/c1-24(17-9-4-3-5-10-17)18-11-12-19(22-14-18)20(25)23-16-8-6-7-15(13-16)21(26)27-2/h3-14H,1-2H3,(H,23,25). The van der Waals surface area contributed by atoms with E-state index in [1.807, 2.05) is 48.3 Å². The van der Waals surface area contributed by atoms with E-state index < -0.39 is 5.97 Å². The number of nitrogens with zero attached hydrogens (tertiary/aromatic N) is 2. The lowest BCUT2D eigenvalue weighted by Gasteiger charge is -2.19. The summed E-state index contributed by atoms with van der Waals surface area (Å²) in [6.45, 7) is 0. The maximum absolute atomic E-state index is 12.4. The average molecular weight is 361 g/mol. The Hall–Kier alpha value is -3.67. The Balaban J connectivity index is 1.72. The van der Waals surface area contributed by atoms with Crippen molar-refractivity contribution >= 4 is 28.9 Å². The number of methoxy groups -OCH3 is 1. The zero-order valence-electron chi connectivity index (χ0n) is 15.0. The summed E-state index contributed by atoms with van der Waals surface area (Å²) in [4.78, 5) is 30.2. The first kappa shape index (κ1) is 18.1. The number of aromatic nitrogens is 1. The van der Waals surface area contributed by atoms with Crippen LogP contribution in [-0.4, -0.2) is 31.0 Å². The number of amides is 1. The number of hydrogen-bond acceptors (Lipinski definition) is 5. The molecule has 0 saturated heterocycles. The summed E-state index contributed by atoms with van der Waals surface area (Å²) in [5.74, 6) is -0.816. The lowest BCUT2D eigenvalue weighted by Crippen LogP contribution is -2.15. The van der Waals surface area contributed by atoms with Gasteiger partial charge in [0, 0.05) is 18.4 Å². The predicted octanol–water partition coefficient (Wildman–Crippen LogP) is 3.89. The Morgan fingerprint density at radius 3 is 2.41 bits per heavy atom. The highest BCUT2D eigenvalue weighted by atomic mass is 16.5. The largest absolute Gasteiger partial charge is 0.465 e. The molecule has 0 saturated carbocycles. The van der Waals surface area contributed by atoms with Crippen molar-refractivity contribution in [3.63, 3.8) is 0 Å². The molecule has 0 fully saturated rings. The second-order valence-electron chi connectivity index (χ2n) is 5.82. The smallest absolute Gasteiger partial charge is 0.337 e. The fourth-order valence-corrected chi connectivity index (χ4v) is 2.56. The van der Waals surface area contributed by atoms with Gasteiger partial charge in [-0.05, 0) is 42.5 Å². The van der Waals surface area contributed by atoms with Crippen LogP contribution in [0.25, 0.3) is 0 Å². The molecule has 0 aliphatic heterocycles. The number of nitrogens with one attached hydrogen (secondary N) is 1. The lowest BCUT2D eigenvalue weighted by atomic mass is 10.2. The molecule has 0 aliphatic rings. The molecule has 0 unspecified atom stereocenters. The van der Waals surface area contributed by atoms with E-state index in [9.17, 15) is 9.59 Å². The Morgan fingerprint density at radius 1 is 0.963 bits per heavy atom. The molecule has 0 spiro atoms. The zero-order valence-corrected chi connectivity index (χ0v) is 15.0. The number of para-hydroxylation sites is 1. The van der Waals surface area contributed by atoms with E-state index in [0.29, 0.717) is 11.3 Å². The summed E-state index contributed by atoms with van der Waals surface area (Å²) in [6, 6.07) is 19.9. The van der Waals surface area contributed by atoms with Crippen LogP contribution in [0.3, 0.4) is 0 Å². The van der Waals surface area contributed by atoms with Crippen LogP contribution in [-0.2, 0) is 4.74 Å². The zero-order chi connectivity index (χ0) is 19.2. The first-order chi connectivity index (χ1) is 13.1. The van der Waals surface area contributed by atoms with Crippen molar-refractivity contribution in [2.24, 2.45) is 0 Å². The van der Waals surface area contributed by atoms with Gasteiger partial charge in [0.05, 0.1) is 24.6 Å². The fraction of sp³-hybridized carbons (Fsp3) is 0.0952. The molecule has 1 N–H and O–H groups in total. The van der Waals surface area contributed by atoms with Crippen molar-refractivity contribution in [1.82, 2.24) is 4.98 Å². The normalized spacial score (nSPS) is 10.1. The lowest BCUT2D eigenvalue weighted by molar-refractivity contribution is 0.0600. The van der Waals surface area contributed by atoms with Gasteiger partial charge in [0.25, 0.3) is 5.91 Å². The maximum Gasteiger partial charge on any atom is 0.337 e. The summed E-state index contributed by atoms with van der Waals surface area (Å²) < 4.78 is 4.68. The summed E-state index contributed by atoms with van der Waals surface area (Å²) >= 11 is 0. The molecule has 1 aromatic heterocycles. The van der Waals surface area contributed by atoms with E-state index in [1.54, 1.807) is 36.5 Å². The molecule has 136 valence electrons. The third-order valence-electron chi connectivity index (χ3n) is 4.05. The molecule has 6 heteroatoms. The molecule has 0 radical (unpaired) electrons. The van der Waals surface area contributed by atoms with Gasteiger partial charge in [-0.15, -0.1) is 0 Å². The van der Waals surface area contributed by atoms with Gasteiger partial charge in [0.1, 0.15) is 5.69 Å². The highest BCUT2D eigenvalue weighted by Gasteiger charge is 2.11. The van der Waals surface area contributed by atoms with Crippen molar-refractivity contribution in [3.8, 4) is 0 Å². The van der Waals surface area contributed by atoms with Gasteiger partial charge in [0.2, 0.25) is 0 Å². The minimum absolute atomic E-state index is 0.281.